The molecule has 1 aromatic heterocycles. The van der Waals surface area contributed by atoms with Gasteiger partial charge in [-0.1, -0.05) is 38.1 Å². The molecular formula is C38H51N5O6S. The number of nitrogens with zero attached hydrogens (tertiary/aromatic N) is 2. The number of amides is 1. The maximum absolute atomic E-state index is 13.4. The van der Waals surface area contributed by atoms with E-state index in [1.807, 2.05) is 58.9 Å². The molecule has 50 heavy (non-hydrogen) atoms. The predicted molar refractivity (Wildman–Crippen MR) is 194 cm³/mol. The van der Waals surface area contributed by atoms with Gasteiger partial charge in [-0.25, -0.2) is 32.7 Å². The molecule has 1 spiro atoms. The maximum atomic E-state index is 13.4. The van der Waals surface area contributed by atoms with Crippen molar-refractivity contribution in [1.82, 2.24) is 20.6 Å². The van der Waals surface area contributed by atoms with E-state index in [2.05, 4.69) is 39.2 Å². The Kier molecular flexibility index (Phi) is 10.9. The lowest BCUT2D eigenvalue weighted by molar-refractivity contribution is -0.0364. The predicted octanol–water partition coefficient (Wildman–Crippen LogP) is 7.03. The van der Waals surface area contributed by atoms with E-state index in [0.29, 0.717) is 29.8 Å². The molecule has 5 rings (SSSR count). The molecule has 12 heteroatoms. The van der Waals surface area contributed by atoms with Gasteiger partial charge in [0.05, 0.1) is 16.2 Å². The fourth-order valence-electron chi connectivity index (χ4n) is 7.49. The van der Waals surface area contributed by atoms with Crippen LogP contribution < -0.4 is 15.4 Å². The second-order valence-electron chi connectivity index (χ2n) is 15.7. The number of hydrogen-bond acceptors (Lipinski definition) is 8. The molecule has 0 saturated heterocycles. The number of aromatic carboxylic acids is 1. The third-order valence-electron chi connectivity index (χ3n) is 9.55. The van der Waals surface area contributed by atoms with Crippen LogP contribution in [-0.4, -0.2) is 59.3 Å². The molecule has 1 heterocycles. The molecule has 0 bridgehead atoms. The highest BCUT2D eigenvalue weighted by Gasteiger charge is 2.53. The van der Waals surface area contributed by atoms with Crippen molar-refractivity contribution in [1.29, 1.82) is 0 Å². The summed E-state index contributed by atoms with van der Waals surface area (Å²) in [7, 11) is -4.17. The van der Waals surface area contributed by atoms with Gasteiger partial charge in [0.15, 0.2) is 0 Å². The summed E-state index contributed by atoms with van der Waals surface area (Å²) in [6.45, 7) is 14.0. The van der Waals surface area contributed by atoms with Crippen LogP contribution in [0, 0.1) is 25.2 Å². The molecule has 2 aliphatic carbocycles. The average molecular weight is 706 g/mol. The van der Waals surface area contributed by atoms with E-state index >= 15 is 0 Å². The summed E-state index contributed by atoms with van der Waals surface area (Å²) in [5.74, 6) is -0.798. The number of sulfonamides is 1. The van der Waals surface area contributed by atoms with E-state index < -0.39 is 21.6 Å². The van der Waals surface area contributed by atoms with Gasteiger partial charge < -0.3 is 20.5 Å². The third-order valence-corrected chi connectivity index (χ3v) is 10.9. The highest BCUT2D eigenvalue weighted by atomic mass is 32.2. The molecule has 0 unspecified atom stereocenters. The Balaban J connectivity index is 1.29. The highest BCUT2D eigenvalue weighted by molar-refractivity contribution is 7.92. The second-order valence-corrected chi connectivity index (χ2v) is 17.3. The SMILES string of the molecule is Cc1cccc(C)c1-c1cc(CC[C@@H](CC(C)C)NC2CC3(CC(NC(=O)OC(C)(C)C)C3)C2)nc(NS(=O)(=O)c2cccc(C(=O)O)c2)n1. The lowest BCUT2D eigenvalue weighted by atomic mass is 9.52. The van der Waals surface area contributed by atoms with Gasteiger partial charge in [0.2, 0.25) is 5.95 Å². The third kappa shape index (κ3) is 9.39. The van der Waals surface area contributed by atoms with Crippen LogP contribution in [0.15, 0.2) is 53.4 Å². The Morgan fingerprint density at radius 2 is 1.62 bits per heavy atom. The van der Waals surface area contributed by atoms with Crippen molar-refractivity contribution in [3.8, 4) is 11.3 Å². The number of anilines is 1. The first kappa shape index (κ1) is 37.2. The summed E-state index contributed by atoms with van der Waals surface area (Å²) < 4.78 is 34.7. The van der Waals surface area contributed by atoms with Crippen LogP contribution in [-0.2, 0) is 21.2 Å². The van der Waals surface area contributed by atoms with Gasteiger partial charge in [0.25, 0.3) is 10.0 Å². The van der Waals surface area contributed by atoms with E-state index in [1.165, 1.54) is 18.2 Å². The number of aromatic nitrogens is 2. The van der Waals surface area contributed by atoms with Gasteiger partial charge >= 0.3 is 12.1 Å². The number of carboxylic acids is 1. The van der Waals surface area contributed by atoms with Crippen LogP contribution >= 0.6 is 0 Å². The number of hydrogen-bond donors (Lipinski definition) is 4. The second kappa shape index (κ2) is 14.7. The van der Waals surface area contributed by atoms with Gasteiger partial charge in [0.1, 0.15) is 5.60 Å². The van der Waals surface area contributed by atoms with E-state index in [0.717, 1.165) is 61.3 Å². The minimum absolute atomic E-state index is 0.0605. The Morgan fingerprint density at radius 1 is 0.980 bits per heavy atom. The van der Waals surface area contributed by atoms with Crippen molar-refractivity contribution in [2.24, 2.45) is 11.3 Å². The monoisotopic (exact) mass is 705 g/mol. The standard InChI is InChI=1S/C38H51N5O6S/c1-23(2)16-27(39-29-19-38(20-29)21-30(22-38)41-36(46)49-37(5,6)7)14-15-28-18-32(33-24(3)10-8-11-25(33)4)42-35(40-28)43-50(47,48)31-13-9-12-26(17-31)34(44)45/h8-13,17-18,23,27,29-30,39H,14-16,19-22H2,1-7H3,(H,41,46)(H,44,45)(H,40,42,43)/t27-,29?,30?,38?/m0/s1. The number of alkyl carbamates (subject to hydrolysis) is 1. The first-order valence-electron chi connectivity index (χ1n) is 17.5. The first-order chi connectivity index (χ1) is 23.4. The lowest BCUT2D eigenvalue weighted by Gasteiger charge is -2.58. The van der Waals surface area contributed by atoms with Crippen molar-refractivity contribution in [2.45, 2.75) is 122 Å². The topological polar surface area (TPSA) is 160 Å². The Morgan fingerprint density at radius 3 is 2.24 bits per heavy atom. The molecule has 1 atom stereocenters. The number of aryl methyl sites for hydroxylation is 3. The molecule has 2 fully saturated rings. The fraction of sp³-hybridized carbons (Fsp3) is 0.526. The molecule has 2 saturated carbocycles. The van der Waals surface area contributed by atoms with Crippen molar-refractivity contribution >= 4 is 28.0 Å². The quantitative estimate of drug-likeness (QED) is 0.146. The number of benzene rings is 2. The van der Waals surface area contributed by atoms with Crippen LogP contribution in [0.4, 0.5) is 10.7 Å². The Hall–Kier alpha value is -4.03. The summed E-state index contributed by atoms with van der Waals surface area (Å²) in [6, 6.07) is 13.9. The molecule has 2 aliphatic rings. The minimum atomic E-state index is -4.17. The summed E-state index contributed by atoms with van der Waals surface area (Å²) in [4.78, 5) is 32.8. The summed E-state index contributed by atoms with van der Waals surface area (Å²) in [5.41, 5.74) is 3.91. The summed E-state index contributed by atoms with van der Waals surface area (Å²) in [6.07, 6.45) is 6.15. The van der Waals surface area contributed by atoms with E-state index in [4.69, 9.17) is 4.74 Å². The number of carboxylic acid groups (broad SMARTS) is 1. The maximum Gasteiger partial charge on any atom is 0.407 e. The van der Waals surface area contributed by atoms with E-state index in [-0.39, 0.29) is 40.0 Å². The summed E-state index contributed by atoms with van der Waals surface area (Å²) in [5, 5.41) is 16.3. The zero-order valence-electron chi connectivity index (χ0n) is 30.2. The Labute approximate surface area is 296 Å². The van der Waals surface area contributed by atoms with E-state index in [9.17, 15) is 23.1 Å². The largest absolute Gasteiger partial charge is 0.478 e. The average Bonchev–Trinajstić information content (AvgIpc) is 2.96. The van der Waals surface area contributed by atoms with Crippen LogP contribution in [0.3, 0.4) is 0 Å². The number of carbonyl (C=O) groups excluding carboxylic acids is 1. The minimum Gasteiger partial charge on any atom is -0.478 e. The molecule has 270 valence electrons. The molecule has 11 nitrogen and oxygen atoms in total. The highest BCUT2D eigenvalue weighted by Crippen LogP contribution is 2.56. The van der Waals surface area contributed by atoms with E-state index in [1.54, 1.807) is 0 Å². The lowest BCUT2D eigenvalue weighted by Crippen LogP contribution is -2.61. The van der Waals surface area contributed by atoms with Crippen LogP contribution in [0.25, 0.3) is 11.3 Å². The van der Waals surface area contributed by atoms with Gasteiger partial charge in [-0.05, 0) is 126 Å². The molecule has 0 radical (unpaired) electrons. The molecular weight excluding hydrogens is 655 g/mol. The van der Waals surface area contributed by atoms with Gasteiger partial charge in [-0.15, -0.1) is 0 Å². The zero-order chi connectivity index (χ0) is 36.4. The zero-order valence-corrected chi connectivity index (χ0v) is 31.0. The van der Waals surface area contributed by atoms with Crippen molar-refractivity contribution in [2.75, 3.05) is 4.72 Å². The fourth-order valence-corrected chi connectivity index (χ4v) is 8.47. The number of ether oxygens (including phenoxy) is 1. The summed E-state index contributed by atoms with van der Waals surface area (Å²) >= 11 is 0. The number of rotatable bonds is 13. The van der Waals surface area contributed by atoms with Crippen molar-refractivity contribution in [3.05, 3.63) is 70.9 Å². The molecule has 3 aromatic rings. The van der Waals surface area contributed by atoms with Crippen LogP contribution in [0.5, 0.6) is 0 Å². The Bertz CT molecular complexity index is 1800. The number of carbonyl (C=O) groups is 2. The van der Waals surface area contributed by atoms with Gasteiger partial charge in [-0.2, -0.15) is 0 Å². The van der Waals surface area contributed by atoms with Crippen molar-refractivity contribution in [3.63, 3.8) is 0 Å². The molecule has 4 N–H and O–H groups in total. The van der Waals surface area contributed by atoms with Gasteiger partial charge in [-0.3, -0.25) is 0 Å². The normalized spacial score (nSPS) is 20.9. The molecule has 1 amide bonds. The molecule has 0 aliphatic heterocycles. The van der Waals surface area contributed by atoms with Crippen molar-refractivity contribution < 1.29 is 27.9 Å². The first-order valence-corrected chi connectivity index (χ1v) is 18.9. The number of nitrogens with one attached hydrogen (secondary N) is 3. The molecule has 2 aromatic carbocycles. The van der Waals surface area contributed by atoms with Crippen LogP contribution in [0.1, 0.15) is 100 Å². The van der Waals surface area contributed by atoms with Crippen LogP contribution in [0.2, 0.25) is 0 Å². The van der Waals surface area contributed by atoms with Gasteiger partial charge in [0, 0.05) is 29.4 Å². The smallest absolute Gasteiger partial charge is 0.407 e.